The van der Waals surface area contributed by atoms with Crippen molar-refractivity contribution in [2.24, 2.45) is 5.73 Å². The molecule has 3 amide bonds. The Morgan fingerprint density at radius 1 is 1.19 bits per heavy atom. The Bertz CT molecular complexity index is 1230. The first kappa shape index (κ1) is 20.1. The summed E-state index contributed by atoms with van der Waals surface area (Å²) in [6.07, 6.45) is 0. The van der Waals surface area contributed by atoms with E-state index in [2.05, 4.69) is 10.4 Å². The van der Waals surface area contributed by atoms with Gasteiger partial charge in [-0.05, 0) is 55.0 Å². The third-order valence-corrected chi connectivity index (χ3v) is 5.22. The molecule has 0 spiro atoms. The second-order valence-electron chi connectivity index (χ2n) is 7.26. The van der Waals surface area contributed by atoms with Crippen LogP contribution < -0.4 is 11.1 Å². The van der Waals surface area contributed by atoms with Gasteiger partial charge in [0.05, 0.1) is 36.0 Å². The third kappa shape index (κ3) is 3.83. The van der Waals surface area contributed by atoms with E-state index in [1.54, 1.807) is 48.0 Å². The summed E-state index contributed by atoms with van der Waals surface area (Å²) >= 11 is 0. The Labute approximate surface area is 177 Å². The van der Waals surface area contributed by atoms with Gasteiger partial charge >= 0.3 is 6.03 Å². The molecular weight excluding hydrogens is 399 g/mol. The van der Waals surface area contributed by atoms with Crippen molar-refractivity contribution in [2.45, 2.75) is 20.0 Å². The number of rotatable bonds is 3. The Morgan fingerprint density at radius 2 is 1.94 bits per heavy atom. The van der Waals surface area contributed by atoms with E-state index >= 15 is 0 Å². The smallest absolute Gasteiger partial charge is 0.315 e. The van der Waals surface area contributed by atoms with Crippen LogP contribution >= 0.6 is 0 Å². The predicted molar refractivity (Wildman–Crippen MR) is 111 cm³/mol. The molecule has 1 aliphatic heterocycles. The van der Waals surface area contributed by atoms with Gasteiger partial charge in [-0.25, -0.2) is 9.18 Å². The van der Waals surface area contributed by atoms with E-state index in [-0.39, 0.29) is 12.4 Å². The molecule has 1 aromatic heterocycles. The quantitative estimate of drug-likeness (QED) is 0.680. The number of nitrogens with zero attached hydrogens (tertiary/aromatic N) is 4. The maximum absolute atomic E-state index is 13.8. The van der Waals surface area contributed by atoms with Gasteiger partial charge in [-0.1, -0.05) is 0 Å². The molecule has 2 heterocycles. The van der Waals surface area contributed by atoms with E-state index < -0.39 is 11.9 Å². The highest BCUT2D eigenvalue weighted by Crippen LogP contribution is 2.30. The van der Waals surface area contributed by atoms with Crippen molar-refractivity contribution in [1.29, 1.82) is 5.26 Å². The van der Waals surface area contributed by atoms with Crippen molar-refractivity contribution < 1.29 is 14.0 Å². The molecule has 0 saturated carbocycles. The van der Waals surface area contributed by atoms with Gasteiger partial charge in [-0.3, -0.25) is 9.48 Å². The van der Waals surface area contributed by atoms with Crippen LogP contribution in [-0.4, -0.2) is 33.2 Å². The lowest BCUT2D eigenvalue weighted by Crippen LogP contribution is -2.42. The van der Waals surface area contributed by atoms with Crippen LogP contribution in [0.4, 0.5) is 14.9 Å². The number of aryl methyl sites for hydroxylation is 1. The molecule has 0 saturated heterocycles. The number of halogens is 1. The van der Waals surface area contributed by atoms with Crippen molar-refractivity contribution in [1.82, 2.24) is 14.7 Å². The second kappa shape index (κ2) is 7.91. The van der Waals surface area contributed by atoms with E-state index in [4.69, 9.17) is 11.0 Å². The zero-order chi connectivity index (χ0) is 22.1. The number of amides is 3. The Morgan fingerprint density at radius 3 is 2.58 bits per heavy atom. The molecule has 9 heteroatoms. The largest absolute Gasteiger partial charge is 0.351 e. The first-order valence-corrected chi connectivity index (χ1v) is 9.59. The predicted octanol–water partition coefficient (Wildman–Crippen LogP) is 3.02. The lowest BCUT2D eigenvalue weighted by atomic mass is 10.0. The Hall–Kier alpha value is -4.19. The minimum atomic E-state index is -0.579. The summed E-state index contributed by atoms with van der Waals surface area (Å²) in [6.45, 7) is 2.54. The first-order valence-electron chi connectivity index (χ1n) is 9.59. The van der Waals surface area contributed by atoms with Crippen molar-refractivity contribution in [3.8, 4) is 17.3 Å². The number of benzene rings is 2. The summed E-state index contributed by atoms with van der Waals surface area (Å²) in [5, 5.41) is 16.4. The number of hydrogen-bond acceptors (Lipinski definition) is 4. The topological polar surface area (TPSA) is 117 Å². The molecule has 8 nitrogen and oxygen atoms in total. The van der Waals surface area contributed by atoms with Crippen LogP contribution in [0.5, 0.6) is 0 Å². The number of aromatic nitrogens is 2. The summed E-state index contributed by atoms with van der Waals surface area (Å²) in [6, 6.07) is 12.4. The van der Waals surface area contributed by atoms with Crippen molar-refractivity contribution in [3.05, 3.63) is 70.7 Å². The average Bonchev–Trinajstić information content (AvgIpc) is 3.15. The summed E-state index contributed by atoms with van der Waals surface area (Å²) in [5.74, 6) is -0.773. The van der Waals surface area contributed by atoms with Gasteiger partial charge in [0.15, 0.2) is 0 Å². The van der Waals surface area contributed by atoms with Crippen molar-refractivity contribution in [2.75, 3.05) is 11.9 Å². The van der Waals surface area contributed by atoms with Crippen LogP contribution in [0.15, 0.2) is 42.5 Å². The minimum absolute atomic E-state index is 0.138. The van der Waals surface area contributed by atoms with E-state index in [9.17, 15) is 14.0 Å². The maximum Gasteiger partial charge on any atom is 0.315 e. The fourth-order valence-electron chi connectivity index (χ4n) is 3.56. The van der Waals surface area contributed by atoms with Gasteiger partial charge in [0.2, 0.25) is 0 Å². The third-order valence-electron chi connectivity index (χ3n) is 5.22. The molecule has 156 valence electrons. The molecule has 0 fully saturated rings. The molecule has 3 N–H and O–H groups in total. The maximum atomic E-state index is 13.8. The molecule has 0 aliphatic carbocycles. The van der Waals surface area contributed by atoms with E-state index in [0.717, 1.165) is 0 Å². The van der Waals surface area contributed by atoms with Crippen LogP contribution in [-0.2, 0) is 13.1 Å². The molecule has 4 rings (SSSR count). The van der Waals surface area contributed by atoms with E-state index in [0.29, 0.717) is 52.4 Å². The first-order chi connectivity index (χ1) is 14.9. The van der Waals surface area contributed by atoms with Crippen molar-refractivity contribution >= 4 is 17.6 Å². The van der Waals surface area contributed by atoms with Gasteiger partial charge in [-0.15, -0.1) is 0 Å². The fraction of sp³-hybridized carbons (Fsp3) is 0.182. The molecule has 0 bridgehead atoms. The van der Waals surface area contributed by atoms with Crippen LogP contribution in [0, 0.1) is 24.1 Å². The van der Waals surface area contributed by atoms with Gasteiger partial charge in [0.25, 0.3) is 5.91 Å². The number of fused-ring (bicyclic) bond motifs is 1. The van der Waals surface area contributed by atoms with Gasteiger partial charge in [0, 0.05) is 17.8 Å². The summed E-state index contributed by atoms with van der Waals surface area (Å²) in [7, 11) is 0. The normalized spacial score (nSPS) is 12.7. The number of urea groups is 1. The van der Waals surface area contributed by atoms with E-state index in [1.165, 1.54) is 11.0 Å². The number of anilines is 1. The van der Waals surface area contributed by atoms with Gasteiger partial charge in [0.1, 0.15) is 11.5 Å². The fourth-order valence-corrected chi connectivity index (χ4v) is 3.56. The van der Waals surface area contributed by atoms with Crippen LogP contribution in [0.25, 0.3) is 11.3 Å². The lowest BCUT2D eigenvalue weighted by Gasteiger charge is -2.26. The number of carbonyl (C=O) groups is 2. The zero-order valence-corrected chi connectivity index (χ0v) is 16.7. The van der Waals surface area contributed by atoms with Gasteiger partial charge in [-0.2, -0.15) is 10.4 Å². The number of nitrogens with one attached hydrogen (secondary N) is 1. The Kier molecular flexibility index (Phi) is 5.13. The molecule has 0 radical (unpaired) electrons. The highest BCUT2D eigenvalue weighted by molar-refractivity contribution is 6.09. The number of primary amides is 1. The molecule has 2 aromatic carbocycles. The standard InChI is InChI=1S/C22H19FN6O2/c1-13-10-15(4-7-17(13)23)20-19(18-12-28(22(25)31)8-9-29(18)27-20)21(30)26-16-5-2-14(11-24)3-6-16/h2-7,10H,8-9,12H2,1H3,(H2,25,31)(H,26,30). The average molecular weight is 418 g/mol. The molecule has 0 unspecified atom stereocenters. The minimum Gasteiger partial charge on any atom is -0.351 e. The van der Waals surface area contributed by atoms with Crippen LogP contribution in [0.2, 0.25) is 0 Å². The molecule has 1 aliphatic rings. The highest BCUT2D eigenvalue weighted by atomic mass is 19.1. The Balaban J connectivity index is 1.78. The summed E-state index contributed by atoms with van der Waals surface area (Å²) in [5.41, 5.74) is 8.69. The van der Waals surface area contributed by atoms with Crippen LogP contribution in [0.3, 0.4) is 0 Å². The van der Waals surface area contributed by atoms with E-state index in [1.807, 2.05) is 6.07 Å². The molecule has 3 aromatic rings. The number of nitrogens with two attached hydrogens (primary N) is 1. The SMILES string of the molecule is Cc1cc(-c2nn3c(c2C(=O)Nc2ccc(C#N)cc2)CN(C(N)=O)CC3)ccc1F. The number of hydrogen-bond donors (Lipinski definition) is 2. The lowest BCUT2D eigenvalue weighted by molar-refractivity contribution is 0.102. The number of nitriles is 1. The zero-order valence-electron chi connectivity index (χ0n) is 16.7. The van der Waals surface area contributed by atoms with Crippen molar-refractivity contribution in [3.63, 3.8) is 0 Å². The summed E-state index contributed by atoms with van der Waals surface area (Å²) < 4.78 is 15.5. The second-order valence-corrected chi connectivity index (χ2v) is 7.26. The number of carbonyl (C=O) groups excluding carboxylic acids is 2. The highest BCUT2D eigenvalue weighted by Gasteiger charge is 2.30. The summed E-state index contributed by atoms with van der Waals surface area (Å²) in [4.78, 5) is 26.4. The molecule has 31 heavy (non-hydrogen) atoms. The molecular formula is C22H19FN6O2. The molecule has 0 atom stereocenters. The van der Waals surface area contributed by atoms with Gasteiger partial charge < -0.3 is 16.0 Å². The van der Waals surface area contributed by atoms with Crippen LogP contribution in [0.1, 0.15) is 27.2 Å². The monoisotopic (exact) mass is 418 g/mol.